The van der Waals surface area contributed by atoms with Crippen LogP contribution in [0.2, 0.25) is 0 Å². The number of nitrogens with one attached hydrogen (secondary N) is 1. The van der Waals surface area contributed by atoms with Gasteiger partial charge < -0.3 is 14.8 Å². The van der Waals surface area contributed by atoms with Crippen molar-refractivity contribution < 1.29 is 9.59 Å². The summed E-state index contributed by atoms with van der Waals surface area (Å²) in [7, 11) is 0. The first-order chi connectivity index (χ1) is 12.5. The second kappa shape index (κ2) is 6.52. The second-order valence-electron chi connectivity index (χ2n) is 8.13. The zero-order valence-electron chi connectivity index (χ0n) is 15.3. The van der Waals surface area contributed by atoms with Gasteiger partial charge in [0.2, 0.25) is 11.8 Å². The Hall–Kier alpha value is -2.18. The van der Waals surface area contributed by atoms with Crippen molar-refractivity contribution in [3.05, 3.63) is 27.9 Å². The van der Waals surface area contributed by atoms with Crippen LogP contribution in [0.3, 0.4) is 0 Å². The summed E-state index contributed by atoms with van der Waals surface area (Å²) in [6.45, 7) is 4.00. The van der Waals surface area contributed by atoms with E-state index in [1.165, 1.54) is 6.20 Å². The van der Waals surface area contributed by atoms with Crippen LogP contribution in [-0.4, -0.2) is 57.3 Å². The number of hydrogen-bond acceptors (Lipinski definition) is 4. The van der Waals surface area contributed by atoms with Crippen LogP contribution in [-0.2, 0) is 16.0 Å². The number of aryl methyl sites for hydroxylation is 1. The number of nitrogens with zero attached hydrogens (tertiary/aromatic N) is 3. The third-order valence-electron chi connectivity index (χ3n) is 6.20. The van der Waals surface area contributed by atoms with E-state index < -0.39 is 0 Å². The minimum absolute atomic E-state index is 0.0121. The Morgan fingerprint density at radius 3 is 2.65 bits per heavy atom. The lowest BCUT2D eigenvalue weighted by atomic mass is 9.72. The maximum atomic E-state index is 12.6. The smallest absolute Gasteiger partial charge is 0.254 e. The first-order valence-electron chi connectivity index (χ1n) is 9.58. The van der Waals surface area contributed by atoms with Gasteiger partial charge in [-0.2, -0.15) is 0 Å². The standard InChI is InChI=1S/C19H26N4O3/c1-13-20-11-14(18(26)21-13)10-17(25)22-8-6-19(7-9-22)5-4-16(24)23(12-19)15-2-3-15/h11,15H,2-10,12H2,1H3,(H,20,21,26). The Kier molecular flexibility index (Phi) is 4.32. The zero-order valence-corrected chi connectivity index (χ0v) is 15.3. The Morgan fingerprint density at radius 2 is 2.00 bits per heavy atom. The van der Waals surface area contributed by atoms with Crippen LogP contribution in [0.5, 0.6) is 0 Å². The van der Waals surface area contributed by atoms with Crippen LogP contribution < -0.4 is 5.56 Å². The van der Waals surface area contributed by atoms with Gasteiger partial charge in [0, 0.05) is 43.9 Å². The van der Waals surface area contributed by atoms with Gasteiger partial charge in [-0.05, 0) is 44.4 Å². The Morgan fingerprint density at radius 1 is 1.27 bits per heavy atom. The van der Waals surface area contributed by atoms with Crippen LogP contribution >= 0.6 is 0 Å². The highest BCUT2D eigenvalue weighted by atomic mass is 16.2. The van der Waals surface area contributed by atoms with Gasteiger partial charge in [0.25, 0.3) is 5.56 Å². The average Bonchev–Trinajstić information content (AvgIpc) is 3.45. The van der Waals surface area contributed by atoms with E-state index in [0.717, 1.165) is 38.6 Å². The third-order valence-corrected chi connectivity index (χ3v) is 6.20. The van der Waals surface area contributed by atoms with Crippen LogP contribution in [0, 0.1) is 12.3 Å². The molecule has 7 heteroatoms. The van der Waals surface area contributed by atoms with Crippen molar-refractivity contribution in [2.75, 3.05) is 19.6 Å². The molecule has 2 saturated heterocycles. The maximum Gasteiger partial charge on any atom is 0.254 e. The molecule has 0 radical (unpaired) electrons. The molecule has 1 spiro atoms. The number of carbonyl (C=O) groups excluding carboxylic acids is 2. The highest BCUT2D eigenvalue weighted by Gasteiger charge is 2.45. The Bertz CT molecular complexity index is 775. The van der Waals surface area contributed by atoms with Gasteiger partial charge in [-0.25, -0.2) is 4.98 Å². The molecule has 3 aliphatic rings. The summed E-state index contributed by atoms with van der Waals surface area (Å²) in [6, 6.07) is 0.472. The van der Waals surface area contributed by atoms with E-state index in [9.17, 15) is 14.4 Å². The van der Waals surface area contributed by atoms with E-state index in [2.05, 4.69) is 14.9 Å². The molecule has 0 aromatic carbocycles. The molecule has 0 bridgehead atoms. The van der Waals surface area contributed by atoms with Crippen molar-refractivity contribution in [2.24, 2.45) is 5.41 Å². The number of amides is 2. The quantitative estimate of drug-likeness (QED) is 0.874. The fourth-order valence-corrected chi connectivity index (χ4v) is 4.31. The van der Waals surface area contributed by atoms with Crippen molar-refractivity contribution in [1.82, 2.24) is 19.8 Å². The fourth-order valence-electron chi connectivity index (χ4n) is 4.31. The fraction of sp³-hybridized carbons (Fsp3) is 0.684. The number of aromatic amines is 1. The van der Waals surface area contributed by atoms with Crippen molar-refractivity contribution in [3.63, 3.8) is 0 Å². The highest BCUT2D eigenvalue weighted by molar-refractivity contribution is 5.79. The molecule has 1 aromatic heterocycles. The van der Waals surface area contributed by atoms with Gasteiger partial charge in [0.05, 0.1) is 6.42 Å². The Labute approximate surface area is 152 Å². The van der Waals surface area contributed by atoms with Gasteiger partial charge in [0.15, 0.2) is 0 Å². The summed E-state index contributed by atoms with van der Waals surface area (Å²) in [5.74, 6) is 0.850. The predicted molar refractivity (Wildman–Crippen MR) is 95.5 cm³/mol. The molecule has 1 aromatic rings. The highest BCUT2D eigenvalue weighted by Crippen LogP contribution is 2.43. The number of likely N-dealkylation sites (tertiary alicyclic amines) is 2. The largest absolute Gasteiger partial charge is 0.342 e. The molecule has 3 fully saturated rings. The van der Waals surface area contributed by atoms with Gasteiger partial charge in [0.1, 0.15) is 5.82 Å². The van der Waals surface area contributed by atoms with Crippen LogP contribution in [0.15, 0.2) is 11.0 Å². The van der Waals surface area contributed by atoms with Gasteiger partial charge in [-0.3, -0.25) is 14.4 Å². The molecule has 2 aliphatic heterocycles. The summed E-state index contributed by atoms with van der Waals surface area (Å²) in [4.78, 5) is 47.4. The second-order valence-corrected chi connectivity index (χ2v) is 8.13. The number of aromatic nitrogens is 2. The molecule has 26 heavy (non-hydrogen) atoms. The third kappa shape index (κ3) is 3.39. The summed E-state index contributed by atoms with van der Waals surface area (Å²) in [5, 5.41) is 0. The molecule has 7 nitrogen and oxygen atoms in total. The first kappa shape index (κ1) is 17.2. The first-order valence-corrected chi connectivity index (χ1v) is 9.58. The minimum atomic E-state index is -0.231. The molecule has 1 aliphatic carbocycles. The average molecular weight is 358 g/mol. The zero-order chi connectivity index (χ0) is 18.3. The van der Waals surface area contributed by atoms with Crippen LogP contribution in [0.4, 0.5) is 0 Å². The van der Waals surface area contributed by atoms with Gasteiger partial charge >= 0.3 is 0 Å². The molecule has 1 saturated carbocycles. The molecule has 3 heterocycles. The van der Waals surface area contributed by atoms with Gasteiger partial charge in [-0.15, -0.1) is 0 Å². The van der Waals surface area contributed by atoms with E-state index in [0.29, 0.717) is 42.8 Å². The molecule has 140 valence electrons. The van der Waals surface area contributed by atoms with Crippen molar-refractivity contribution in [1.29, 1.82) is 0 Å². The number of hydrogen-bond donors (Lipinski definition) is 1. The van der Waals surface area contributed by atoms with Crippen LogP contribution in [0.25, 0.3) is 0 Å². The number of rotatable bonds is 3. The van der Waals surface area contributed by atoms with E-state index in [-0.39, 0.29) is 23.3 Å². The van der Waals surface area contributed by atoms with Crippen LogP contribution in [0.1, 0.15) is 49.9 Å². The molecule has 0 atom stereocenters. The molecule has 4 rings (SSSR count). The van der Waals surface area contributed by atoms with E-state index in [4.69, 9.17) is 0 Å². The molecule has 0 unspecified atom stereocenters. The number of carbonyl (C=O) groups is 2. The van der Waals surface area contributed by atoms with E-state index in [1.807, 2.05) is 4.90 Å². The Balaban J connectivity index is 1.36. The lowest BCUT2D eigenvalue weighted by Crippen LogP contribution is -2.53. The molecular weight excluding hydrogens is 332 g/mol. The number of piperidine rings is 2. The lowest BCUT2D eigenvalue weighted by molar-refractivity contribution is -0.142. The lowest BCUT2D eigenvalue weighted by Gasteiger charge is -2.47. The number of H-pyrrole nitrogens is 1. The van der Waals surface area contributed by atoms with Crippen molar-refractivity contribution >= 4 is 11.8 Å². The minimum Gasteiger partial charge on any atom is -0.342 e. The predicted octanol–water partition coefficient (Wildman–Crippen LogP) is 1.01. The summed E-state index contributed by atoms with van der Waals surface area (Å²) >= 11 is 0. The molecule has 1 N–H and O–H groups in total. The van der Waals surface area contributed by atoms with Gasteiger partial charge in [-0.1, -0.05) is 0 Å². The summed E-state index contributed by atoms with van der Waals surface area (Å²) in [5.41, 5.74) is 0.366. The van der Waals surface area contributed by atoms with E-state index in [1.54, 1.807) is 6.92 Å². The molecular formula is C19H26N4O3. The SMILES string of the molecule is Cc1ncc(CC(=O)N2CCC3(CCC(=O)N(C4CC4)C3)CC2)c(=O)[nH]1. The van der Waals surface area contributed by atoms with Crippen molar-refractivity contribution in [2.45, 2.75) is 57.9 Å². The monoisotopic (exact) mass is 358 g/mol. The molecule has 2 amide bonds. The summed E-state index contributed by atoms with van der Waals surface area (Å²) in [6.07, 6.45) is 7.36. The topological polar surface area (TPSA) is 86.4 Å². The maximum absolute atomic E-state index is 12.6. The summed E-state index contributed by atoms with van der Waals surface area (Å²) < 4.78 is 0. The normalized spacial score (nSPS) is 22.7. The van der Waals surface area contributed by atoms with Crippen molar-refractivity contribution in [3.8, 4) is 0 Å². The van der Waals surface area contributed by atoms with E-state index >= 15 is 0 Å².